The standard InChI is InChI=1S/C16H17ClFN3O3S2/c17-15-6-5-12(25-15)11-19-16(22)20-7-9-21(10-8-20)26(23,24)14-4-2-1-3-13(14)18/h1-6H,7-11H2,(H,19,22). The van der Waals surface area contributed by atoms with Crippen molar-refractivity contribution >= 4 is 39.0 Å². The molecule has 0 bridgehead atoms. The van der Waals surface area contributed by atoms with Gasteiger partial charge in [0.05, 0.1) is 10.9 Å². The quantitative estimate of drug-likeness (QED) is 0.831. The third-order valence-corrected chi connectivity index (χ3v) is 7.19. The molecule has 1 saturated heterocycles. The number of carbonyl (C=O) groups excluding carboxylic acids is 1. The van der Waals surface area contributed by atoms with Gasteiger partial charge in [0, 0.05) is 31.1 Å². The molecular formula is C16H17ClFN3O3S2. The Bertz CT molecular complexity index is 896. The Morgan fingerprint density at radius 2 is 1.85 bits per heavy atom. The molecule has 6 nitrogen and oxygen atoms in total. The predicted molar refractivity (Wildman–Crippen MR) is 98.3 cm³/mol. The van der Waals surface area contributed by atoms with Crippen LogP contribution in [0, 0.1) is 5.82 Å². The molecular weight excluding hydrogens is 401 g/mol. The molecule has 0 spiro atoms. The van der Waals surface area contributed by atoms with Gasteiger partial charge in [-0.1, -0.05) is 23.7 Å². The maximum Gasteiger partial charge on any atom is 0.317 e. The highest BCUT2D eigenvalue weighted by molar-refractivity contribution is 7.89. The fraction of sp³-hybridized carbons (Fsp3) is 0.312. The summed E-state index contributed by atoms with van der Waals surface area (Å²) in [4.78, 5) is 14.4. The molecule has 10 heteroatoms. The number of nitrogens with one attached hydrogen (secondary N) is 1. The lowest BCUT2D eigenvalue weighted by atomic mass is 10.3. The lowest BCUT2D eigenvalue weighted by Gasteiger charge is -2.34. The summed E-state index contributed by atoms with van der Waals surface area (Å²) in [7, 11) is -3.91. The molecule has 0 radical (unpaired) electrons. The Morgan fingerprint density at radius 3 is 2.46 bits per heavy atom. The minimum Gasteiger partial charge on any atom is -0.333 e. The molecule has 2 aromatic rings. The fourth-order valence-electron chi connectivity index (χ4n) is 2.65. The van der Waals surface area contributed by atoms with Crippen molar-refractivity contribution in [3.8, 4) is 0 Å². The van der Waals surface area contributed by atoms with Crippen molar-refractivity contribution in [1.29, 1.82) is 0 Å². The van der Waals surface area contributed by atoms with Gasteiger partial charge in [0.1, 0.15) is 10.7 Å². The summed E-state index contributed by atoms with van der Waals surface area (Å²) in [6, 6.07) is 8.63. The van der Waals surface area contributed by atoms with E-state index in [-0.39, 0.29) is 37.1 Å². The Kier molecular flexibility index (Phi) is 5.81. The van der Waals surface area contributed by atoms with Crippen LogP contribution in [0.4, 0.5) is 9.18 Å². The molecule has 0 unspecified atom stereocenters. The highest BCUT2D eigenvalue weighted by Gasteiger charge is 2.31. The van der Waals surface area contributed by atoms with Crippen molar-refractivity contribution in [2.75, 3.05) is 26.2 Å². The van der Waals surface area contributed by atoms with E-state index in [1.54, 1.807) is 11.0 Å². The molecule has 2 amide bonds. The molecule has 140 valence electrons. The molecule has 0 aliphatic carbocycles. The number of nitrogens with zero attached hydrogens (tertiary/aromatic N) is 2. The Balaban J connectivity index is 1.57. The van der Waals surface area contributed by atoms with Crippen LogP contribution in [0.15, 0.2) is 41.3 Å². The summed E-state index contributed by atoms with van der Waals surface area (Å²) in [5, 5.41) is 2.79. The van der Waals surface area contributed by atoms with E-state index in [0.29, 0.717) is 10.9 Å². The molecule has 1 aliphatic rings. The van der Waals surface area contributed by atoms with Gasteiger partial charge >= 0.3 is 6.03 Å². The van der Waals surface area contributed by atoms with Gasteiger partial charge in [-0.15, -0.1) is 11.3 Å². The fourth-order valence-corrected chi connectivity index (χ4v) is 5.16. The predicted octanol–water partition coefficient (Wildman–Crippen LogP) is 2.76. The number of halogens is 2. The number of benzene rings is 1. The summed E-state index contributed by atoms with van der Waals surface area (Å²) in [5.74, 6) is -0.776. The minimum atomic E-state index is -3.91. The summed E-state index contributed by atoms with van der Waals surface area (Å²) in [6.45, 7) is 1.09. The van der Waals surface area contributed by atoms with Crippen molar-refractivity contribution in [3.05, 3.63) is 51.4 Å². The SMILES string of the molecule is O=C(NCc1ccc(Cl)s1)N1CCN(S(=O)(=O)c2ccccc2F)CC1. The third kappa shape index (κ3) is 4.17. The van der Waals surface area contributed by atoms with E-state index in [0.717, 1.165) is 10.9 Å². The molecule has 1 aromatic heterocycles. The van der Waals surface area contributed by atoms with Gasteiger partial charge in [0.25, 0.3) is 0 Å². The number of rotatable bonds is 4. The summed E-state index contributed by atoms with van der Waals surface area (Å²) >= 11 is 7.24. The van der Waals surface area contributed by atoms with Crippen LogP contribution in [0.1, 0.15) is 4.88 Å². The van der Waals surface area contributed by atoms with E-state index >= 15 is 0 Å². The number of carbonyl (C=O) groups is 1. The van der Waals surface area contributed by atoms with Gasteiger partial charge in [-0.05, 0) is 24.3 Å². The number of hydrogen-bond acceptors (Lipinski definition) is 4. The maximum atomic E-state index is 13.8. The van der Waals surface area contributed by atoms with Gasteiger partial charge in [-0.2, -0.15) is 4.31 Å². The largest absolute Gasteiger partial charge is 0.333 e. The Labute approximate surface area is 160 Å². The lowest BCUT2D eigenvalue weighted by molar-refractivity contribution is 0.172. The van der Waals surface area contributed by atoms with E-state index in [1.807, 2.05) is 6.07 Å². The first-order valence-electron chi connectivity index (χ1n) is 7.89. The molecule has 1 aliphatic heterocycles. The van der Waals surface area contributed by atoms with Gasteiger partial charge in [-0.3, -0.25) is 0 Å². The molecule has 26 heavy (non-hydrogen) atoms. The van der Waals surface area contributed by atoms with E-state index in [2.05, 4.69) is 5.32 Å². The average Bonchev–Trinajstić information content (AvgIpc) is 3.05. The number of thiophene rings is 1. The number of hydrogen-bond donors (Lipinski definition) is 1. The second-order valence-corrected chi connectivity index (χ2v) is 9.39. The average molecular weight is 418 g/mol. The summed E-state index contributed by atoms with van der Waals surface area (Å²) in [6.07, 6.45) is 0. The van der Waals surface area contributed by atoms with Gasteiger partial charge < -0.3 is 10.2 Å². The molecule has 0 atom stereocenters. The summed E-state index contributed by atoms with van der Waals surface area (Å²) < 4.78 is 40.8. The minimum absolute atomic E-state index is 0.120. The molecule has 1 fully saturated rings. The van der Waals surface area contributed by atoms with Crippen LogP contribution in [0.3, 0.4) is 0 Å². The molecule has 3 rings (SSSR count). The first kappa shape index (κ1) is 19.1. The third-order valence-electron chi connectivity index (χ3n) is 4.02. The van der Waals surface area contributed by atoms with Gasteiger partial charge in [0.15, 0.2) is 0 Å². The highest BCUT2D eigenvalue weighted by Crippen LogP contribution is 2.22. The van der Waals surface area contributed by atoms with Crippen molar-refractivity contribution in [1.82, 2.24) is 14.5 Å². The zero-order valence-electron chi connectivity index (χ0n) is 13.7. The Hall–Kier alpha value is -1.68. The zero-order chi connectivity index (χ0) is 18.7. The maximum absolute atomic E-state index is 13.8. The van der Waals surface area contributed by atoms with Crippen molar-refractivity contribution in [2.24, 2.45) is 0 Å². The topological polar surface area (TPSA) is 69.7 Å². The monoisotopic (exact) mass is 417 g/mol. The first-order chi connectivity index (χ1) is 12.4. The molecule has 0 saturated carbocycles. The lowest BCUT2D eigenvalue weighted by Crippen LogP contribution is -2.53. The van der Waals surface area contributed by atoms with E-state index in [1.165, 1.54) is 33.8 Å². The molecule has 1 N–H and O–H groups in total. The van der Waals surface area contributed by atoms with Crippen LogP contribution in [0.5, 0.6) is 0 Å². The molecule has 1 aromatic carbocycles. The molecule has 2 heterocycles. The second-order valence-electron chi connectivity index (χ2n) is 5.69. The number of amides is 2. The number of piperazine rings is 1. The van der Waals surface area contributed by atoms with Crippen LogP contribution in [0.25, 0.3) is 0 Å². The van der Waals surface area contributed by atoms with Crippen LogP contribution < -0.4 is 5.32 Å². The van der Waals surface area contributed by atoms with Crippen LogP contribution >= 0.6 is 22.9 Å². The smallest absolute Gasteiger partial charge is 0.317 e. The normalized spacial score (nSPS) is 15.8. The van der Waals surface area contributed by atoms with Crippen LogP contribution in [-0.4, -0.2) is 49.8 Å². The van der Waals surface area contributed by atoms with Crippen LogP contribution in [0.2, 0.25) is 4.34 Å². The number of urea groups is 1. The van der Waals surface area contributed by atoms with Crippen molar-refractivity contribution in [2.45, 2.75) is 11.4 Å². The van der Waals surface area contributed by atoms with Crippen molar-refractivity contribution < 1.29 is 17.6 Å². The van der Waals surface area contributed by atoms with E-state index in [4.69, 9.17) is 11.6 Å². The zero-order valence-corrected chi connectivity index (χ0v) is 16.1. The van der Waals surface area contributed by atoms with E-state index in [9.17, 15) is 17.6 Å². The van der Waals surface area contributed by atoms with Gasteiger partial charge in [0.2, 0.25) is 10.0 Å². The van der Waals surface area contributed by atoms with Gasteiger partial charge in [-0.25, -0.2) is 17.6 Å². The first-order valence-corrected chi connectivity index (χ1v) is 10.5. The Morgan fingerprint density at radius 1 is 1.15 bits per heavy atom. The van der Waals surface area contributed by atoms with E-state index < -0.39 is 15.8 Å². The van der Waals surface area contributed by atoms with Crippen molar-refractivity contribution in [3.63, 3.8) is 0 Å². The highest BCUT2D eigenvalue weighted by atomic mass is 35.5. The summed E-state index contributed by atoms with van der Waals surface area (Å²) in [5.41, 5.74) is 0. The van der Waals surface area contributed by atoms with Crippen LogP contribution in [-0.2, 0) is 16.6 Å². The number of sulfonamides is 1. The second kappa shape index (κ2) is 7.91.